The van der Waals surface area contributed by atoms with E-state index in [0.29, 0.717) is 18.0 Å². The first-order valence-electron chi connectivity index (χ1n) is 8.76. The van der Waals surface area contributed by atoms with Crippen molar-refractivity contribution < 1.29 is 14.1 Å². The molecule has 140 valence electrons. The van der Waals surface area contributed by atoms with E-state index in [2.05, 4.69) is 15.8 Å². The van der Waals surface area contributed by atoms with Crippen LogP contribution in [-0.2, 0) is 16.0 Å². The number of benzene rings is 1. The van der Waals surface area contributed by atoms with Crippen molar-refractivity contribution in [2.75, 3.05) is 24.2 Å². The van der Waals surface area contributed by atoms with Crippen molar-refractivity contribution in [1.82, 2.24) is 10.1 Å². The van der Waals surface area contributed by atoms with Gasteiger partial charge in [-0.3, -0.25) is 14.5 Å². The van der Waals surface area contributed by atoms with E-state index in [-0.39, 0.29) is 18.4 Å². The van der Waals surface area contributed by atoms with Crippen LogP contribution in [0.3, 0.4) is 0 Å². The Morgan fingerprint density at radius 3 is 2.58 bits per heavy atom. The number of hydrogen-bond donors (Lipinski definition) is 2. The number of aromatic nitrogens is 1. The maximum atomic E-state index is 12.5. The van der Waals surface area contributed by atoms with E-state index >= 15 is 0 Å². The molecule has 0 aliphatic heterocycles. The van der Waals surface area contributed by atoms with E-state index < -0.39 is 6.04 Å². The molecule has 7 heteroatoms. The number of para-hydroxylation sites is 1. The summed E-state index contributed by atoms with van der Waals surface area (Å²) in [5.41, 5.74) is 1.89. The van der Waals surface area contributed by atoms with Crippen molar-refractivity contribution in [2.45, 2.75) is 39.7 Å². The molecule has 0 bridgehead atoms. The molecule has 0 spiro atoms. The molecule has 2 N–H and O–H groups in total. The Morgan fingerprint density at radius 1 is 1.23 bits per heavy atom. The van der Waals surface area contributed by atoms with Gasteiger partial charge in [-0.2, -0.15) is 0 Å². The van der Waals surface area contributed by atoms with Crippen LogP contribution in [0.5, 0.6) is 0 Å². The second-order valence-corrected chi connectivity index (χ2v) is 6.21. The zero-order chi connectivity index (χ0) is 19.1. The van der Waals surface area contributed by atoms with Crippen molar-refractivity contribution in [3.8, 4) is 0 Å². The third kappa shape index (κ3) is 5.16. The molecule has 26 heavy (non-hydrogen) atoms. The summed E-state index contributed by atoms with van der Waals surface area (Å²) in [5, 5.41) is 9.41. The monoisotopic (exact) mass is 358 g/mol. The average molecular weight is 358 g/mol. The summed E-state index contributed by atoms with van der Waals surface area (Å²) in [5.74, 6) is 0.623. The van der Waals surface area contributed by atoms with Crippen molar-refractivity contribution in [3.63, 3.8) is 0 Å². The topological polar surface area (TPSA) is 87.5 Å². The van der Waals surface area contributed by atoms with Crippen LogP contribution in [0.25, 0.3) is 0 Å². The minimum Gasteiger partial charge on any atom is -0.360 e. The van der Waals surface area contributed by atoms with Gasteiger partial charge in [0.15, 0.2) is 5.82 Å². The van der Waals surface area contributed by atoms with Gasteiger partial charge in [-0.25, -0.2) is 0 Å². The second-order valence-electron chi connectivity index (χ2n) is 6.21. The molecule has 2 aromatic rings. The lowest BCUT2D eigenvalue weighted by molar-refractivity contribution is -0.123. The lowest BCUT2D eigenvalue weighted by Gasteiger charge is -2.25. The standard InChI is InChI=1S/C19H26N4O3/c1-5-14-9-7-8-10-15(14)20-18(24)12-23(4)16(6-2)19(25)21-17-11-13(3)26-22-17/h7-11,16H,5-6,12H2,1-4H3,(H,20,24)(H,21,22,25)/t16-/m1/s1. The number of aryl methyl sites for hydroxylation is 2. The predicted octanol–water partition coefficient (Wildman–Crippen LogP) is 2.83. The number of nitrogens with zero attached hydrogens (tertiary/aromatic N) is 2. The van der Waals surface area contributed by atoms with Gasteiger partial charge in [-0.1, -0.05) is 37.2 Å². The quantitative estimate of drug-likeness (QED) is 0.758. The summed E-state index contributed by atoms with van der Waals surface area (Å²) in [6.07, 6.45) is 1.40. The molecule has 2 amide bonds. The highest BCUT2D eigenvalue weighted by atomic mass is 16.5. The molecule has 0 unspecified atom stereocenters. The highest BCUT2D eigenvalue weighted by molar-refractivity contribution is 5.96. The van der Waals surface area contributed by atoms with Crippen molar-refractivity contribution >= 4 is 23.3 Å². The molecule has 1 aromatic heterocycles. The normalized spacial score (nSPS) is 12.0. The maximum Gasteiger partial charge on any atom is 0.242 e. The van der Waals surface area contributed by atoms with Crippen molar-refractivity contribution in [2.24, 2.45) is 0 Å². The number of nitrogens with one attached hydrogen (secondary N) is 2. The van der Waals surface area contributed by atoms with Crippen molar-refractivity contribution in [3.05, 3.63) is 41.7 Å². The summed E-state index contributed by atoms with van der Waals surface area (Å²) in [7, 11) is 1.76. The van der Waals surface area contributed by atoms with Gasteiger partial charge >= 0.3 is 0 Å². The Hall–Kier alpha value is -2.67. The van der Waals surface area contributed by atoms with E-state index in [0.717, 1.165) is 17.7 Å². The van der Waals surface area contributed by atoms with Gasteiger partial charge in [0.25, 0.3) is 0 Å². The van der Waals surface area contributed by atoms with E-state index in [1.165, 1.54) is 0 Å². The fourth-order valence-electron chi connectivity index (χ4n) is 2.81. The van der Waals surface area contributed by atoms with Gasteiger partial charge < -0.3 is 15.2 Å². The molecule has 0 aliphatic carbocycles. The van der Waals surface area contributed by atoms with E-state index in [9.17, 15) is 9.59 Å². The third-order valence-electron chi connectivity index (χ3n) is 4.17. The third-order valence-corrected chi connectivity index (χ3v) is 4.17. The summed E-state index contributed by atoms with van der Waals surface area (Å²) < 4.78 is 4.95. The molecule has 1 aromatic carbocycles. The smallest absolute Gasteiger partial charge is 0.242 e. The van der Waals surface area contributed by atoms with Crippen LogP contribution < -0.4 is 10.6 Å². The number of hydrogen-bond acceptors (Lipinski definition) is 5. The van der Waals surface area contributed by atoms with Crippen LogP contribution in [0.2, 0.25) is 0 Å². The number of anilines is 2. The van der Waals surface area contributed by atoms with Crippen LogP contribution in [0.1, 0.15) is 31.6 Å². The first-order chi connectivity index (χ1) is 12.4. The Balaban J connectivity index is 1.95. The van der Waals surface area contributed by atoms with Crippen LogP contribution >= 0.6 is 0 Å². The van der Waals surface area contributed by atoms with Crippen molar-refractivity contribution in [1.29, 1.82) is 0 Å². The summed E-state index contributed by atoms with van der Waals surface area (Å²) in [4.78, 5) is 26.6. The van der Waals surface area contributed by atoms with Crippen LogP contribution in [0.4, 0.5) is 11.5 Å². The van der Waals surface area contributed by atoms with E-state index in [4.69, 9.17) is 4.52 Å². The van der Waals surface area contributed by atoms with Gasteiger partial charge in [0, 0.05) is 11.8 Å². The Morgan fingerprint density at radius 2 is 1.96 bits per heavy atom. The summed E-state index contributed by atoms with van der Waals surface area (Å²) in [6, 6.07) is 8.91. The molecule has 0 fully saturated rings. The Kier molecular flexibility index (Phi) is 6.91. The van der Waals surface area contributed by atoms with Gasteiger partial charge in [-0.05, 0) is 38.4 Å². The zero-order valence-electron chi connectivity index (χ0n) is 15.7. The SMILES string of the molecule is CCc1ccccc1NC(=O)CN(C)[C@H](CC)C(=O)Nc1cc(C)on1. The van der Waals surface area contributed by atoms with Gasteiger partial charge in [0.05, 0.1) is 12.6 Å². The Labute approximate surface area is 153 Å². The predicted molar refractivity (Wildman–Crippen MR) is 101 cm³/mol. The van der Waals surface area contributed by atoms with E-state index in [1.807, 2.05) is 38.1 Å². The first-order valence-corrected chi connectivity index (χ1v) is 8.76. The highest BCUT2D eigenvalue weighted by Crippen LogP contribution is 2.16. The first kappa shape index (κ1) is 19.7. The molecule has 0 radical (unpaired) electrons. The fourth-order valence-corrected chi connectivity index (χ4v) is 2.81. The number of rotatable bonds is 8. The zero-order valence-corrected chi connectivity index (χ0v) is 15.7. The number of likely N-dealkylation sites (N-methyl/N-ethyl adjacent to an activating group) is 1. The van der Waals surface area contributed by atoms with Gasteiger partial charge in [0.2, 0.25) is 11.8 Å². The highest BCUT2D eigenvalue weighted by Gasteiger charge is 2.24. The molecule has 0 aliphatic rings. The summed E-state index contributed by atoms with van der Waals surface area (Å²) in [6.45, 7) is 5.81. The van der Waals surface area contributed by atoms with Gasteiger partial charge in [0.1, 0.15) is 5.76 Å². The largest absolute Gasteiger partial charge is 0.360 e. The minimum absolute atomic E-state index is 0.113. The fraction of sp³-hybridized carbons (Fsp3) is 0.421. The second kappa shape index (κ2) is 9.15. The summed E-state index contributed by atoms with van der Waals surface area (Å²) >= 11 is 0. The lowest BCUT2D eigenvalue weighted by atomic mass is 10.1. The average Bonchev–Trinajstić information content (AvgIpc) is 3.00. The molecule has 1 atom stereocenters. The number of carbonyl (C=O) groups is 2. The van der Waals surface area contributed by atoms with Crippen LogP contribution in [-0.4, -0.2) is 41.5 Å². The molecule has 7 nitrogen and oxygen atoms in total. The Bertz CT molecular complexity index is 757. The van der Waals surface area contributed by atoms with E-state index in [1.54, 1.807) is 24.9 Å². The maximum absolute atomic E-state index is 12.5. The molecule has 0 saturated carbocycles. The van der Waals surface area contributed by atoms with Gasteiger partial charge in [-0.15, -0.1) is 0 Å². The lowest BCUT2D eigenvalue weighted by Crippen LogP contribution is -2.44. The number of carbonyl (C=O) groups excluding carboxylic acids is 2. The molecule has 2 rings (SSSR count). The van der Waals surface area contributed by atoms with Crippen LogP contribution in [0.15, 0.2) is 34.9 Å². The van der Waals surface area contributed by atoms with Crippen LogP contribution in [0, 0.1) is 6.92 Å². The number of amides is 2. The molecule has 0 saturated heterocycles. The molecular formula is C19H26N4O3. The minimum atomic E-state index is -0.445. The molecule has 1 heterocycles. The molecular weight excluding hydrogens is 332 g/mol.